The van der Waals surface area contributed by atoms with Crippen molar-refractivity contribution in [2.75, 3.05) is 0 Å². The van der Waals surface area contributed by atoms with E-state index in [1.165, 1.54) is 191 Å². The Morgan fingerprint density at radius 1 is 0.475 bits per heavy atom. The van der Waals surface area contributed by atoms with E-state index in [4.69, 9.17) is 9.31 Å². The average molecular weight is 952 g/mol. The van der Waals surface area contributed by atoms with Gasteiger partial charge in [-0.1, -0.05) is 211 Å². The standard InChI is InChI=1S/C55H74BBr2NO2/c1-7-9-11-13-15-17-19-21-23-25-35-55(36-26-24-22-20-18-16-14-12-10-8-2)49-37-41(56-60-53(3,4)54(5,6)61-56)27-31-45(49)46-34-30-44(40-50(46)55)59-51-38-42(57)28-32-47(51)48-33-29-43(58)39-52(48)59/h27-34,37-40H,7-26,35-36H2,1-6H3. The Labute approximate surface area is 386 Å². The molecule has 2 heterocycles. The van der Waals surface area contributed by atoms with Gasteiger partial charge in [0, 0.05) is 30.8 Å². The highest BCUT2D eigenvalue weighted by Crippen LogP contribution is 2.55. The number of unbranched alkanes of at least 4 members (excludes halogenated alkanes) is 18. The van der Waals surface area contributed by atoms with E-state index in [9.17, 15) is 0 Å². The van der Waals surface area contributed by atoms with E-state index >= 15 is 0 Å². The molecule has 1 saturated heterocycles. The molecule has 0 radical (unpaired) electrons. The van der Waals surface area contributed by atoms with Gasteiger partial charge >= 0.3 is 7.12 Å². The topological polar surface area (TPSA) is 23.4 Å². The lowest BCUT2D eigenvalue weighted by Gasteiger charge is -2.33. The Hall–Kier alpha value is -2.38. The molecule has 1 aliphatic carbocycles. The first-order valence-electron chi connectivity index (χ1n) is 24.5. The van der Waals surface area contributed by atoms with Crippen LogP contribution in [0.4, 0.5) is 0 Å². The van der Waals surface area contributed by atoms with Gasteiger partial charge in [-0.3, -0.25) is 0 Å². The molecule has 5 aromatic rings. The van der Waals surface area contributed by atoms with Crippen molar-refractivity contribution in [2.24, 2.45) is 0 Å². The van der Waals surface area contributed by atoms with Gasteiger partial charge in [0.15, 0.2) is 0 Å². The molecule has 7 rings (SSSR count). The fourth-order valence-corrected chi connectivity index (χ4v) is 11.2. The number of hydrogen-bond acceptors (Lipinski definition) is 2. The molecule has 0 unspecified atom stereocenters. The first-order chi connectivity index (χ1) is 29.5. The lowest BCUT2D eigenvalue weighted by molar-refractivity contribution is 0.00578. The summed E-state index contributed by atoms with van der Waals surface area (Å²) in [5.41, 5.74) is 9.81. The van der Waals surface area contributed by atoms with Crippen molar-refractivity contribution in [2.45, 2.75) is 199 Å². The van der Waals surface area contributed by atoms with Crippen LogP contribution in [0.2, 0.25) is 0 Å². The summed E-state index contributed by atoms with van der Waals surface area (Å²) in [6, 6.07) is 28.1. The Kier molecular flexibility index (Phi) is 16.1. The summed E-state index contributed by atoms with van der Waals surface area (Å²) in [5, 5.41) is 2.56. The van der Waals surface area contributed by atoms with Gasteiger partial charge in [0.25, 0.3) is 0 Å². The van der Waals surface area contributed by atoms with E-state index in [1.54, 1.807) is 0 Å². The maximum absolute atomic E-state index is 6.72. The summed E-state index contributed by atoms with van der Waals surface area (Å²) in [4.78, 5) is 0. The van der Waals surface area contributed by atoms with Crippen LogP contribution in [-0.4, -0.2) is 22.9 Å². The van der Waals surface area contributed by atoms with E-state index in [-0.39, 0.29) is 23.7 Å². The summed E-state index contributed by atoms with van der Waals surface area (Å²) < 4.78 is 18.2. The van der Waals surface area contributed by atoms with Crippen LogP contribution < -0.4 is 5.46 Å². The Balaban J connectivity index is 1.25. The minimum Gasteiger partial charge on any atom is -0.399 e. The van der Waals surface area contributed by atoms with E-state index in [2.05, 4.69) is 151 Å². The molecule has 1 aromatic heterocycles. The molecule has 0 spiro atoms. The monoisotopic (exact) mass is 949 g/mol. The van der Waals surface area contributed by atoms with E-state index in [0.29, 0.717) is 0 Å². The van der Waals surface area contributed by atoms with Crippen LogP contribution in [0, 0.1) is 0 Å². The van der Waals surface area contributed by atoms with Crippen molar-refractivity contribution < 1.29 is 9.31 Å². The molecule has 0 N–H and O–H groups in total. The third-order valence-electron chi connectivity index (χ3n) is 14.8. The van der Waals surface area contributed by atoms with Gasteiger partial charge in [-0.2, -0.15) is 0 Å². The second-order valence-corrected chi connectivity index (χ2v) is 21.6. The van der Waals surface area contributed by atoms with Crippen LogP contribution in [0.25, 0.3) is 38.6 Å². The molecule has 0 saturated carbocycles. The Morgan fingerprint density at radius 2 is 0.885 bits per heavy atom. The first kappa shape index (κ1) is 46.6. The van der Waals surface area contributed by atoms with E-state index in [0.717, 1.165) is 14.4 Å². The predicted molar refractivity (Wildman–Crippen MR) is 271 cm³/mol. The zero-order valence-corrected chi connectivity index (χ0v) is 41.8. The maximum Gasteiger partial charge on any atom is 0.494 e. The van der Waals surface area contributed by atoms with Gasteiger partial charge in [-0.25, -0.2) is 0 Å². The molecule has 4 aromatic carbocycles. The second kappa shape index (κ2) is 21.1. The van der Waals surface area contributed by atoms with Crippen LogP contribution in [0.1, 0.15) is 194 Å². The number of fused-ring (bicyclic) bond motifs is 6. The summed E-state index contributed by atoms with van der Waals surface area (Å²) in [5.74, 6) is 0. The second-order valence-electron chi connectivity index (χ2n) is 19.7. The van der Waals surface area contributed by atoms with Crippen LogP contribution in [0.3, 0.4) is 0 Å². The summed E-state index contributed by atoms with van der Waals surface area (Å²) in [6.07, 6.45) is 29.4. The molecule has 328 valence electrons. The molecular weight excluding hydrogens is 877 g/mol. The van der Waals surface area contributed by atoms with Crippen molar-refractivity contribution in [3.63, 3.8) is 0 Å². The van der Waals surface area contributed by atoms with Gasteiger partial charge < -0.3 is 13.9 Å². The minimum atomic E-state index is -0.385. The molecule has 2 aliphatic rings. The molecular formula is C55H74BBr2NO2. The number of hydrogen-bond donors (Lipinski definition) is 0. The summed E-state index contributed by atoms with van der Waals surface area (Å²) in [6.45, 7) is 13.3. The zero-order chi connectivity index (χ0) is 43.0. The largest absolute Gasteiger partial charge is 0.494 e. The van der Waals surface area contributed by atoms with Crippen molar-refractivity contribution in [3.05, 3.63) is 92.9 Å². The number of rotatable bonds is 24. The summed E-state index contributed by atoms with van der Waals surface area (Å²) >= 11 is 7.67. The molecule has 61 heavy (non-hydrogen) atoms. The minimum absolute atomic E-state index is 0.0828. The lowest BCUT2D eigenvalue weighted by atomic mass is 9.68. The smallest absolute Gasteiger partial charge is 0.399 e. The fraction of sp³-hybridized carbons (Fsp3) is 0.564. The van der Waals surface area contributed by atoms with Gasteiger partial charge in [0.2, 0.25) is 0 Å². The molecule has 0 amide bonds. The highest BCUT2D eigenvalue weighted by atomic mass is 79.9. The van der Waals surface area contributed by atoms with E-state index < -0.39 is 0 Å². The van der Waals surface area contributed by atoms with Gasteiger partial charge in [-0.05, 0) is 105 Å². The molecule has 1 aliphatic heterocycles. The molecule has 3 nitrogen and oxygen atoms in total. The molecule has 6 heteroatoms. The van der Waals surface area contributed by atoms with Crippen LogP contribution >= 0.6 is 31.9 Å². The van der Waals surface area contributed by atoms with Gasteiger partial charge in [-0.15, -0.1) is 0 Å². The highest BCUT2D eigenvalue weighted by Gasteiger charge is 2.52. The van der Waals surface area contributed by atoms with Crippen LogP contribution in [-0.2, 0) is 14.7 Å². The van der Waals surface area contributed by atoms with Crippen molar-refractivity contribution in [1.82, 2.24) is 4.57 Å². The first-order valence-corrected chi connectivity index (χ1v) is 26.1. The normalized spacial score (nSPS) is 16.2. The molecule has 0 bridgehead atoms. The van der Waals surface area contributed by atoms with Crippen molar-refractivity contribution in [3.8, 4) is 16.8 Å². The quantitative estimate of drug-likeness (QED) is 0.0454. The Bertz CT molecular complexity index is 2120. The van der Waals surface area contributed by atoms with Crippen LogP contribution in [0.5, 0.6) is 0 Å². The van der Waals surface area contributed by atoms with Crippen molar-refractivity contribution in [1.29, 1.82) is 0 Å². The number of halogens is 2. The van der Waals surface area contributed by atoms with Crippen molar-refractivity contribution >= 4 is 66.2 Å². The highest BCUT2D eigenvalue weighted by molar-refractivity contribution is 9.10. The van der Waals surface area contributed by atoms with Gasteiger partial charge in [0.05, 0.1) is 22.2 Å². The molecule has 1 fully saturated rings. The zero-order valence-electron chi connectivity index (χ0n) is 38.6. The van der Waals surface area contributed by atoms with Crippen LogP contribution in [0.15, 0.2) is 81.7 Å². The summed E-state index contributed by atoms with van der Waals surface area (Å²) in [7, 11) is -0.378. The third-order valence-corrected chi connectivity index (χ3v) is 15.7. The van der Waals surface area contributed by atoms with E-state index in [1.807, 2.05) is 0 Å². The third kappa shape index (κ3) is 10.4. The predicted octanol–water partition coefficient (Wildman–Crippen LogP) is 17.5. The fourth-order valence-electron chi connectivity index (χ4n) is 10.5. The lowest BCUT2D eigenvalue weighted by Crippen LogP contribution is -2.41. The number of aromatic nitrogens is 1. The maximum atomic E-state index is 6.72. The Morgan fingerprint density at radius 3 is 1.34 bits per heavy atom. The van der Waals surface area contributed by atoms with Gasteiger partial charge in [0.1, 0.15) is 0 Å². The average Bonchev–Trinajstić information content (AvgIpc) is 3.78. The SMILES string of the molecule is CCCCCCCCCCCCC1(CCCCCCCCCCCC)c2cc(B3OC(C)(C)C(C)(C)O3)ccc2-c2ccc(-n3c4cc(Br)ccc4c4ccc(Br)cc43)cc21. The molecule has 0 atom stereocenters. The number of nitrogens with zero attached hydrogens (tertiary/aromatic N) is 1. The number of benzene rings is 4.